The number of nitrogens with zero attached hydrogens (tertiary/aromatic N) is 1. The quantitative estimate of drug-likeness (QED) is 0.796. The van der Waals surface area contributed by atoms with Gasteiger partial charge in [-0.2, -0.15) is 0 Å². The molecule has 5 atom stereocenters. The van der Waals surface area contributed by atoms with Crippen LogP contribution in [0.2, 0.25) is 0 Å². The number of hydrogen-bond acceptors (Lipinski definition) is 6. The number of hydrogen-bond donors (Lipinski definition) is 2. The third-order valence-corrected chi connectivity index (χ3v) is 6.43. The number of nitrogens with one attached hydrogen (secondary N) is 1. The van der Waals surface area contributed by atoms with E-state index >= 15 is 0 Å². The molecule has 0 aromatic heterocycles. The number of rotatable bonds is 6. The van der Waals surface area contributed by atoms with Crippen molar-refractivity contribution in [2.45, 2.75) is 41.2 Å². The number of aliphatic hydroxyl groups excluding tert-OH is 1. The fraction of sp³-hybridized carbons (Fsp3) is 0.429. The molecule has 0 unspecified atom stereocenters. The van der Waals surface area contributed by atoms with Gasteiger partial charge in [0.05, 0.1) is 24.0 Å². The lowest BCUT2D eigenvalue weighted by Gasteiger charge is -2.38. The minimum Gasteiger partial charge on any atom is -0.390 e. The average molecular weight is 387 g/mol. The minimum atomic E-state index is -0.539. The van der Waals surface area contributed by atoms with Gasteiger partial charge in [-0.05, 0) is 29.8 Å². The first kappa shape index (κ1) is 18.8. The highest BCUT2D eigenvalue weighted by atomic mass is 32.2. The second kappa shape index (κ2) is 8.20. The van der Waals surface area contributed by atoms with Crippen molar-refractivity contribution in [2.75, 3.05) is 25.6 Å². The maximum Gasteiger partial charge on any atom is 0.172 e. The van der Waals surface area contributed by atoms with E-state index in [9.17, 15) is 5.11 Å². The van der Waals surface area contributed by atoms with Crippen molar-refractivity contribution in [3.63, 3.8) is 0 Å². The first-order valence-corrected chi connectivity index (χ1v) is 10.2. The summed E-state index contributed by atoms with van der Waals surface area (Å²) in [7, 11) is 4.06. The number of thioether (sulfide) groups is 1. The van der Waals surface area contributed by atoms with E-state index < -0.39 is 6.10 Å². The Kier molecular flexibility index (Phi) is 5.71. The van der Waals surface area contributed by atoms with Crippen molar-refractivity contribution in [2.24, 2.45) is 0 Å². The number of ether oxygens (including phenoxy) is 2. The van der Waals surface area contributed by atoms with Crippen LogP contribution >= 0.6 is 11.8 Å². The van der Waals surface area contributed by atoms with Crippen LogP contribution < -0.4 is 10.2 Å². The van der Waals surface area contributed by atoms with E-state index in [0.717, 1.165) is 4.90 Å². The van der Waals surface area contributed by atoms with Gasteiger partial charge in [-0.3, -0.25) is 0 Å². The fourth-order valence-electron chi connectivity index (χ4n) is 3.57. The molecule has 2 N–H and O–H groups in total. The van der Waals surface area contributed by atoms with Gasteiger partial charge in [0, 0.05) is 31.2 Å². The molecule has 0 aliphatic carbocycles. The molecular weight excluding hydrogens is 360 g/mol. The smallest absolute Gasteiger partial charge is 0.172 e. The summed E-state index contributed by atoms with van der Waals surface area (Å²) >= 11 is 1.62. The molecule has 2 saturated heterocycles. The molecule has 2 aromatic rings. The van der Waals surface area contributed by atoms with Crippen molar-refractivity contribution in [1.29, 1.82) is 0 Å². The Morgan fingerprint density at radius 2 is 1.85 bits per heavy atom. The van der Waals surface area contributed by atoms with Crippen LogP contribution in [0.3, 0.4) is 0 Å². The zero-order valence-electron chi connectivity index (χ0n) is 15.6. The van der Waals surface area contributed by atoms with E-state index in [-0.39, 0.29) is 23.7 Å². The Morgan fingerprint density at radius 3 is 2.56 bits per heavy atom. The first-order chi connectivity index (χ1) is 13.1. The van der Waals surface area contributed by atoms with Crippen molar-refractivity contribution < 1.29 is 14.6 Å². The molecule has 5 nitrogen and oxygen atoms in total. The second-order valence-corrected chi connectivity index (χ2v) is 8.48. The molecule has 0 radical (unpaired) electrons. The molecule has 0 saturated carbocycles. The summed E-state index contributed by atoms with van der Waals surface area (Å²) in [5, 5.41) is 14.4. The van der Waals surface area contributed by atoms with Crippen molar-refractivity contribution in [3.8, 4) is 0 Å². The molecule has 2 heterocycles. The Labute approximate surface area is 164 Å². The molecule has 2 fully saturated rings. The van der Waals surface area contributed by atoms with Crippen LogP contribution in [0.5, 0.6) is 0 Å². The fourth-order valence-corrected chi connectivity index (χ4v) is 4.76. The van der Waals surface area contributed by atoms with Crippen LogP contribution in [0, 0.1) is 0 Å². The number of anilines is 1. The van der Waals surface area contributed by atoms with Crippen LogP contribution in [0.1, 0.15) is 5.56 Å². The predicted molar refractivity (Wildman–Crippen MR) is 108 cm³/mol. The summed E-state index contributed by atoms with van der Waals surface area (Å²) in [6.07, 6.45) is -1.01. The van der Waals surface area contributed by atoms with E-state index in [1.54, 1.807) is 11.8 Å². The zero-order valence-corrected chi connectivity index (χ0v) is 16.4. The van der Waals surface area contributed by atoms with Crippen LogP contribution in [-0.2, 0) is 16.0 Å². The van der Waals surface area contributed by atoms with Crippen LogP contribution in [0.15, 0.2) is 59.5 Å². The largest absolute Gasteiger partial charge is 0.390 e. The third-order valence-electron chi connectivity index (χ3n) is 5.12. The summed E-state index contributed by atoms with van der Waals surface area (Å²) in [5.74, 6) is 0. The normalized spacial score (nSPS) is 29.7. The van der Waals surface area contributed by atoms with E-state index in [4.69, 9.17) is 9.47 Å². The van der Waals surface area contributed by atoms with Gasteiger partial charge in [0.15, 0.2) is 6.29 Å². The van der Waals surface area contributed by atoms with Gasteiger partial charge in [0.1, 0.15) is 6.10 Å². The van der Waals surface area contributed by atoms with E-state index in [1.807, 2.05) is 44.4 Å². The zero-order chi connectivity index (χ0) is 18.8. The second-order valence-electron chi connectivity index (χ2n) is 7.23. The summed E-state index contributed by atoms with van der Waals surface area (Å²) in [6.45, 7) is 1.20. The number of benzene rings is 2. The van der Waals surface area contributed by atoms with Crippen molar-refractivity contribution in [1.82, 2.24) is 5.32 Å². The molecule has 6 heteroatoms. The number of aliphatic hydroxyl groups is 1. The molecule has 2 bridgehead atoms. The Hall–Kier alpha value is -1.57. The molecule has 144 valence electrons. The topological polar surface area (TPSA) is 54.0 Å². The minimum absolute atomic E-state index is 0.112. The lowest BCUT2D eigenvalue weighted by molar-refractivity contribution is -0.123. The highest BCUT2D eigenvalue weighted by Crippen LogP contribution is 2.38. The van der Waals surface area contributed by atoms with E-state index in [1.165, 1.54) is 11.3 Å². The van der Waals surface area contributed by atoms with Crippen molar-refractivity contribution >= 4 is 17.4 Å². The Bertz CT molecular complexity index is 741. The van der Waals surface area contributed by atoms with Gasteiger partial charge in [0.25, 0.3) is 0 Å². The van der Waals surface area contributed by atoms with Crippen LogP contribution in [0.4, 0.5) is 5.69 Å². The Balaban J connectivity index is 1.42. The maximum absolute atomic E-state index is 11.0. The lowest BCUT2D eigenvalue weighted by Crippen LogP contribution is -2.58. The van der Waals surface area contributed by atoms with Crippen LogP contribution in [-0.4, -0.2) is 55.6 Å². The molecule has 2 aromatic carbocycles. The molecule has 27 heavy (non-hydrogen) atoms. The van der Waals surface area contributed by atoms with Gasteiger partial charge in [-0.1, -0.05) is 30.3 Å². The summed E-state index contributed by atoms with van der Waals surface area (Å²) < 4.78 is 11.8. The maximum atomic E-state index is 11.0. The van der Waals surface area contributed by atoms with E-state index in [0.29, 0.717) is 13.2 Å². The monoisotopic (exact) mass is 386 g/mol. The summed E-state index contributed by atoms with van der Waals surface area (Å²) in [4.78, 5) is 3.19. The van der Waals surface area contributed by atoms with Crippen molar-refractivity contribution in [3.05, 3.63) is 60.2 Å². The highest BCUT2D eigenvalue weighted by Gasteiger charge is 2.50. The Morgan fingerprint density at radius 1 is 1.11 bits per heavy atom. The molecule has 2 aliphatic rings. The van der Waals surface area contributed by atoms with E-state index in [2.05, 4.69) is 34.5 Å². The SMILES string of the molecule is CN(C)c1ccc(CN[C@H]2[C@H](O)[C@@H](Sc3ccccc3)[C@@H]3OC[C@H]2O3)cc1. The molecular formula is C21H26N2O3S. The van der Waals surface area contributed by atoms with Gasteiger partial charge in [-0.25, -0.2) is 0 Å². The first-order valence-electron chi connectivity index (χ1n) is 9.28. The number of fused-ring (bicyclic) bond motifs is 2. The van der Waals surface area contributed by atoms with Gasteiger partial charge in [0.2, 0.25) is 0 Å². The molecule has 0 spiro atoms. The summed E-state index contributed by atoms with van der Waals surface area (Å²) in [5.41, 5.74) is 2.35. The van der Waals surface area contributed by atoms with Gasteiger partial charge in [-0.15, -0.1) is 11.8 Å². The van der Waals surface area contributed by atoms with Gasteiger partial charge < -0.3 is 24.8 Å². The van der Waals surface area contributed by atoms with Crippen LogP contribution in [0.25, 0.3) is 0 Å². The summed E-state index contributed by atoms with van der Waals surface area (Å²) in [6, 6.07) is 18.4. The lowest BCUT2D eigenvalue weighted by atomic mass is 9.99. The molecule has 2 aliphatic heterocycles. The van der Waals surface area contributed by atoms with Gasteiger partial charge >= 0.3 is 0 Å². The predicted octanol–water partition coefficient (Wildman–Crippen LogP) is 2.49. The molecule has 4 rings (SSSR count). The average Bonchev–Trinajstić information content (AvgIpc) is 3.12. The molecule has 0 amide bonds. The standard InChI is InChI=1S/C21H26N2O3S/c1-23(2)15-10-8-14(9-11-15)12-22-18-17-13-25-21(26-17)20(19(18)24)27-16-6-4-3-5-7-16/h3-11,17-22,24H,12-13H2,1-2H3/t17-,18-,19+,20-,21-/m1/s1. The highest BCUT2D eigenvalue weighted by molar-refractivity contribution is 8.00. The third kappa shape index (κ3) is 4.15.